The lowest BCUT2D eigenvalue weighted by Crippen LogP contribution is -2.32. The topological polar surface area (TPSA) is 79.8 Å². The molecule has 0 radical (unpaired) electrons. The van der Waals surface area contributed by atoms with Crippen molar-refractivity contribution in [1.29, 1.82) is 0 Å². The summed E-state index contributed by atoms with van der Waals surface area (Å²) in [4.78, 5) is 24.0. The molecule has 0 saturated heterocycles. The van der Waals surface area contributed by atoms with Crippen LogP contribution >= 0.6 is 0 Å². The molecule has 0 aliphatic heterocycles. The molecule has 3 aromatic rings. The summed E-state index contributed by atoms with van der Waals surface area (Å²) in [7, 11) is 0. The van der Waals surface area contributed by atoms with Gasteiger partial charge in [-0.2, -0.15) is 5.10 Å². The Morgan fingerprint density at radius 3 is 2.47 bits per heavy atom. The fourth-order valence-electron chi connectivity index (χ4n) is 2.59. The monoisotopic (exact) mass is 405 g/mol. The van der Waals surface area contributed by atoms with Gasteiger partial charge >= 0.3 is 11.8 Å². The minimum absolute atomic E-state index is 0.0444. The van der Waals surface area contributed by atoms with Crippen LogP contribution in [0.15, 0.2) is 77.9 Å². The van der Waals surface area contributed by atoms with Crippen molar-refractivity contribution in [2.75, 3.05) is 5.32 Å². The molecule has 7 heteroatoms. The van der Waals surface area contributed by atoms with E-state index in [1.54, 1.807) is 54.6 Å². The van der Waals surface area contributed by atoms with Gasteiger partial charge < -0.3 is 10.1 Å². The lowest BCUT2D eigenvalue weighted by atomic mass is 10.2. The zero-order valence-electron chi connectivity index (χ0n) is 16.3. The summed E-state index contributed by atoms with van der Waals surface area (Å²) in [5.74, 6) is -1.62. The third-order valence-electron chi connectivity index (χ3n) is 4.23. The molecule has 3 rings (SSSR count). The summed E-state index contributed by atoms with van der Waals surface area (Å²) in [6.45, 7) is 1.87. The first-order chi connectivity index (χ1) is 14.5. The van der Waals surface area contributed by atoms with Crippen molar-refractivity contribution in [3.8, 4) is 5.75 Å². The number of carbonyl (C=O) groups is 2. The van der Waals surface area contributed by atoms with Crippen molar-refractivity contribution in [1.82, 2.24) is 5.43 Å². The molecule has 2 N–H and O–H groups in total. The summed E-state index contributed by atoms with van der Waals surface area (Å²) in [6.07, 6.45) is 1.36. The average molecular weight is 405 g/mol. The quantitative estimate of drug-likeness (QED) is 0.372. The number of benzene rings is 3. The second-order valence-electron chi connectivity index (χ2n) is 6.39. The molecule has 3 aromatic carbocycles. The van der Waals surface area contributed by atoms with Gasteiger partial charge in [0.05, 0.1) is 6.21 Å². The number of hydrogen-bond acceptors (Lipinski definition) is 4. The van der Waals surface area contributed by atoms with Gasteiger partial charge in [-0.05, 0) is 36.8 Å². The maximum absolute atomic E-state index is 13.7. The van der Waals surface area contributed by atoms with Gasteiger partial charge in [-0.3, -0.25) is 9.59 Å². The highest BCUT2D eigenvalue weighted by atomic mass is 19.1. The van der Waals surface area contributed by atoms with Gasteiger partial charge in [-0.25, -0.2) is 9.82 Å². The summed E-state index contributed by atoms with van der Waals surface area (Å²) in [5.41, 5.74) is 4.55. The molecule has 0 fully saturated rings. The van der Waals surface area contributed by atoms with E-state index in [0.29, 0.717) is 22.6 Å². The number of nitrogens with zero attached hydrogens (tertiary/aromatic N) is 1. The molecule has 0 aromatic heterocycles. The fraction of sp³-hybridized carbons (Fsp3) is 0.0870. The van der Waals surface area contributed by atoms with Crippen LogP contribution in [0.5, 0.6) is 5.75 Å². The minimum Gasteiger partial charge on any atom is -0.488 e. The number of anilines is 1. The zero-order valence-corrected chi connectivity index (χ0v) is 16.3. The van der Waals surface area contributed by atoms with Gasteiger partial charge in [-0.1, -0.05) is 48.5 Å². The van der Waals surface area contributed by atoms with E-state index in [4.69, 9.17) is 4.74 Å². The summed E-state index contributed by atoms with van der Waals surface area (Å²) < 4.78 is 19.4. The number of aryl methyl sites for hydroxylation is 1. The molecule has 30 heavy (non-hydrogen) atoms. The molecule has 2 amide bonds. The molecule has 0 aliphatic carbocycles. The van der Waals surface area contributed by atoms with Crippen LogP contribution in [-0.2, 0) is 16.2 Å². The van der Waals surface area contributed by atoms with Gasteiger partial charge in [0.2, 0.25) is 0 Å². The van der Waals surface area contributed by atoms with Gasteiger partial charge in [0.1, 0.15) is 18.2 Å². The Kier molecular flexibility index (Phi) is 6.89. The summed E-state index contributed by atoms with van der Waals surface area (Å²) in [6, 6.07) is 20.4. The molecule has 152 valence electrons. The number of hydrazone groups is 1. The average Bonchev–Trinajstić information content (AvgIpc) is 2.75. The SMILES string of the molecule is Cc1ccccc1NC(=O)C(=O)N/N=C\c1ccccc1OCc1ccccc1F. The maximum atomic E-state index is 13.7. The summed E-state index contributed by atoms with van der Waals surface area (Å²) >= 11 is 0. The molecule has 0 aliphatic rings. The largest absolute Gasteiger partial charge is 0.488 e. The highest BCUT2D eigenvalue weighted by Gasteiger charge is 2.13. The highest BCUT2D eigenvalue weighted by molar-refractivity contribution is 6.39. The van der Waals surface area contributed by atoms with Crippen LogP contribution in [0.25, 0.3) is 0 Å². The van der Waals surface area contributed by atoms with E-state index in [1.165, 1.54) is 12.3 Å². The number of halogens is 1. The predicted octanol–water partition coefficient (Wildman–Crippen LogP) is 3.80. The van der Waals surface area contributed by atoms with E-state index in [0.717, 1.165) is 5.56 Å². The zero-order chi connectivity index (χ0) is 21.3. The first-order valence-corrected chi connectivity index (χ1v) is 9.20. The fourth-order valence-corrected chi connectivity index (χ4v) is 2.59. The Bertz CT molecular complexity index is 1080. The van der Waals surface area contributed by atoms with Gasteiger partial charge in [0.15, 0.2) is 0 Å². The Morgan fingerprint density at radius 2 is 1.67 bits per heavy atom. The van der Waals surface area contributed by atoms with E-state index < -0.39 is 11.8 Å². The molecule has 0 unspecified atom stereocenters. The van der Waals surface area contributed by atoms with Crippen molar-refractivity contribution in [3.63, 3.8) is 0 Å². The molecular formula is C23H20FN3O3. The smallest absolute Gasteiger partial charge is 0.329 e. The van der Waals surface area contributed by atoms with E-state index in [-0.39, 0.29) is 12.4 Å². The predicted molar refractivity (Wildman–Crippen MR) is 113 cm³/mol. The lowest BCUT2D eigenvalue weighted by Gasteiger charge is -2.09. The normalized spacial score (nSPS) is 10.6. The second kappa shape index (κ2) is 9.97. The number of para-hydroxylation sites is 2. The lowest BCUT2D eigenvalue weighted by molar-refractivity contribution is -0.136. The highest BCUT2D eigenvalue weighted by Crippen LogP contribution is 2.18. The van der Waals surface area contributed by atoms with Gasteiger partial charge in [-0.15, -0.1) is 0 Å². The third kappa shape index (κ3) is 5.51. The van der Waals surface area contributed by atoms with Crippen LogP contribution in [-0.4, -0.2) is 18.0 Å². The maximum Gasteiger partial charge on any atom is 0.329 e. The molecular weight excluding hydrogens is 385 g/mol. The van der Waals surface area contributed by atoms with Crippen molar-refractivity contribution in [3.05, 3.63) is 95.3 Å². The second-order valence-corrected chi connectivity index (χ2v) is 6.39. The standard InChI is InChI=1S/C23H20FN3O3/c1-16-8-2-6-12-20(16)26-22(28)23(29)27-25-14-17-9-4-7-13-21(17)30-15-18-10-3-5-11-19(18)24/h2-14H,15H2,1H3,(H,26,28)(H,27,29)/b25-14-. The van der Waals surface area contributed by atoms with Crippen molar-refractivity contribution >= 4 is 23.7 Å². The Labute approximate surface area is 173 Å². The molecule has 0 heterocycles. The van der Waals surface area contributed by atoms with E-state index >= 15 is 0 Å². The number of nitrogens with one attached hydrogen (secondary N) is 2. The van der Waals surface area contributed by atoms with Crippen LogP contribution in [0, 0.1) is 12.7 Å². The minimum atomic E-state index is -0.903. The van der Waals surface area contributed by atoms with Crippen molar-refractivity contribution in [2.24, 2.45) is 5.10 Å². The number of rotatable bonds is 6. The molecule has 0 spiro atoms. The van der Waals surface area contributed by atoms with Gasteiger partial charge in [0, 0.05) is 16.8 Å². The Hall–Kier alpha value is -4.00. The molecule has 6 nitrogen and oxygen atoms in total. The molecule has 0 atom stereocenters. The van der Waals surface area contributed by atoms with Crippen LogP contribution in [0.3, 0.4) is 0 Å². The van der Waals surface area contributed by atoms with Crippen LogP contribution in [0.4, 0.5) is 10.1 Å². The Balaban J connectivity index is 1.59. The molecule has 0 saturated carbocycles. The van der Waals surface area contributed by atoms with Crippen molar-refractivity contribution in [2.45, 2.75) is 13.5 Å². The summed E-state index contributed by atoms with van der Waals surface area (Å²) in [5, 5.41) is 6.35. The van der Waals surface area contributed by atoms with Crippen LogP contribution in [0.2, 0.25) is 0 Å². The number of ether oxygens (including phenoxy) is 1. The number of amides is 2. The van der Waals surface area contributed by atoms with E-state index in [9.17, 15) is 14.0 Å². The van der Waals surface area contributed by atoms with Crippen LogP contribution < -0.4 is 15.5 Å². The third-order valence-corrected chi connectivity index (χ3v) is 4.23. The van der Waals surface area contributed by atoms with Gasteiger partial charge in [0.25, 0.3) is 0 Å². The molecule has 0 bridgehead atoms. The van der Waals surface area contributed by atoms with Crippen molar-refractivity contribution < 1.29 is 18.7 Å². The first kappa shape index (κ1) is 20.7. The first-order valence-electron chi connectivity index (χ1n) is 9.20. The Morgan fingerprint density at radius 1 is 0.967 bits per heavy atom. The van der Waals surface area contributed by atoms with E-state index in [2.05, 4.69) is 15.8 Å². The number of carbonyl (C=O) groups excluding carboxylic acids is 2. The van der Waals surface area contributed by atoms with E-state index in [1.807, 2.05) is 19.1 Å². The number of hydrogen-bond donors (Lipinski definition) is 2. The van der Waals surface area contributed by atoms with Crippen LogP contribution in [0.1, 0.15) is 16.7 Å².